The molecule has 0 saturated carbocycles. The first-order valence-electron chi connectivity index (χ1n) is 7.91. The number of nitrogens with zero attached hydrogens (tertiary/aromatic N) is 2. The van der Waals surface area contributed by atoms with Gasteiger partial charge in [0.2, 0.25) is 12.3 Å². The molecule has 3 rings (SSSR count). The van der Waals surface area contributed by atoms with Crippen molar-refractivity contribution < 1.29 is 27.5 Å². The van der Waals surface area contributed by atoms with Crippen LogP contribution in [-0.4, -0.2) is 28.8 Å². The molecule has 0 radical (unpaired) electrons. The van der Waals surface area contributed by atoms with Crippen LogP contribution in [0, 0.1) is 0 Å². The van der Waals surface area contributed by atoms with E-state index < -0.39 is 18.6 Å². The summed E-state index contributed by atoms with van der Waals surface area (Å²) in [6.45, 7) is -1.45. The van der Waals surface area contributed by atoms with Crippen molar-refractivity contribution in [2.45, 2.75) is 19.6 Å². The van der Waals surface area contributed by atoms with Crippen LogP contribution in [0.3, 0.4) is 0 Å². The van der Waals surface area contributed by atoms with Gasteiger partial charge in [0.1, 0.15) is 11.5 Å². The van der Waals surface area contributed by atoms with Crippen LogP contribution in [0.2, 0.25) is 0 Å². The highest BCUT2D eigenvalue weighted by Crippen LogP contribution is 2.26. The van der Waals surface area contributed by atoms with E-state index in [4.69, 9.17) is 9.15 Å². The number of ether oxygens (including phenoxy) is 2. The Morgan fingerprint density at radius 3 is 2.52 bits per heavy atom. The number of nitrogens with one attached hydrogen (secondary N) is 1. The quantitative estimate of drug-likeness (QED) is 0.677. The zero-order chi connectivity index (χ0) is 19.2. The molecule has 0 saturated heterocycles. The number of halogens is 2. The third-order valence-corrected chi connectivity index (χ3v) is 3.50. The predicted molar refractivity (Wildman–Crippen MR) is 91.5 cm³/mol. The third-order valence-electron chi connectivity index (χ3n) is 3.50. The van der Waals surface area contributed by atoms with Gasteiger partial charge < -0.3 is 19.2 Å². The highest BCUT2D eigenvalue weighted by atomic mass is 19.3. The molecule has 7 nitrogen and oxygen atoms in total. The van der Waals surface area contributed by atoms with Crippen LogP contribution >= 0.6 is 0 Å². The van der Waals surface area contributed by atoms with E-state index in [0.717, 1.165) is 0 Å². The van der Waals surface area contributed by atoms with Crippen molar-refractivity contribution in [2.75, 3.05) is 5.32 Å². The molecular formula is C18H15F2N3O4. The van der Waals surface area contributed by atoms with Crippen LogP contribution in [0.15, 0.2) is 59.3 Å². The average Bonchev–Trinajstić information content (AvgIpc) is 3.18. The maximum absolute atomic E-state index is 12.4. The van der Waals surface area contributed by atoms with Gasteiger partial charge in [0, 0.05) is 5.56 Å². The Labute approximate surface area is 152 Å². The number of carbonyl (C=O) groups is 1. The summed E-state index contributed by atoms with van der Waals surface area (Å²) in [5, 5.41) is 9.91. The summed E-state index contributed by atoms with van der Waals surface area (Å²) < 4.78 is 39.9. The molecule has 140 valence electrons. The standard InChI is InChI=1S/C18H15F2N3O4/c1-11(16(24)22-14-4-2-3-5-15(14)27-18(19)20)26-13-8-6-12(7-9-13)17-23-21-10-25-17/h2-11,18H,1H3,(H,22,24)/t11-/m0/s1. The molecule has 9 heteroatoms. The second-order valence-corrected chi connectivity index (χ2v) is 5.39. The minimum absolute atomic E-state index is 0.128. The molecule has 27 heavy (non-hydrogen) atoms. The van der Waals surface area contributed by atoms with Crippen molar-refractivity contribution in [3.05, 3.63) is 54.9 Å². The van der Waals surface area contributed by atoms with Crippen molar-refractivity contribution in [1.29, 1.82) is 0 Å². The van der Waals surface area contributed by atoms with E-state index in [1.54, 1.807) is 30.3 Å². The number of amides is 1. The highest BCUT2D eigenvalue weighted by molar-refractivity contribution is 5.95. The van der Waals surface area contributed by atoms with Gasteiger partial charge in [-0.05, 0) is 43.3 Å². The van der Waals surface area contributed by atoms with E-state index in [0.29, 0.717) is 17.2 Å². The number of anilines is 1. The number of hydrogen-bond donors (Lipinski definition) is 1. The Hall–Kier alpha value is -3.49. The first kappa shape index (κ1) is 18.3. The van der Waals surface area contributed by atoms with Gasteiger partial charge in [0.15, 0.2) is 6.10 Å². The van der Waals surface area contributed by atoms with E-state index in [1.165, 1.54) is 31.5 Å². The number of benzene rings is 2. The zero-order valence-corrected chi connectivity index (χ0v) is 14.1. The van der Waals surface area contributed by atoms with Crippen molar-refractivity contribution in [2.24, 2.45) is 0 Å². The van der Waals surface area contributed by atoms with E-state index >= 15 is 0 Å². The fraction of sp³-hybridized carbons (Fsp3) is 0.167. The summed E-state index contributed by atoms with van der Waals surface area (Å²) in [6, 6.07) is 12.6. The molecule has 0 bridgehead atoms. The molecule has 3 aromatic rings. The minimum atomic E-state index is -2.99. The summed E-state index contributed by atoms with van der Waals surface area (Å²) in [6.07, 6.45) is 0.348. The van der Waals surface area contributed by atoms with Crippen LogP contribution in [0.1, 0.15) is 6.92 Å². The highest BCUT2D eigenvalue weighted by Gasteiger charge is 2.18. The molecule has 0 aliphatic carbocycles. The number of para-hydroxylation sites is 2. The van der Waals surface area contributed by atoms with Crippen molar-refractivity contribution in [1.82, 2.24) is 10.2 Å². The monoisotopic (exact) mass is 375 g/mol. The lowest BCUT2D eigenvalue weighted by Crippen LogP contribution is -2.30. The summed E-state index contributed by atoms with van der Waals surface area (Å²) >= 11 is 0. The van der Waals surface area contributed by atoms with Gasteiger partial charge >= 0.3 is 6.61 Å². The molecule has 0 unspecified atom stereocenters. The molecule has 2 aromatic carbocycles. The van der Waals surface area contributed by atoms with Crippen molar-refractivity contribution in [3.8, 4) is 23.0 Å². The lowest BCUT2D eigenvalue weighted by Gasteiger charge is -2.16. The number of hydrogen-bond acceptors (Lipinski definition) is 6. The molecule has 0 aliphatic heterocycles. The van der Waals surface area contributed by atoms with Crippen LogP contribution < -0.4 is 14.8 Å². The van der Waals surface area contributed by atoms with E-state index in [1.807, 2.05) is 0 Å². The molecule has 0 fully saturated rings. The number of alkyl halides is 2. The zero-order valence-electron chi connectivity index (χ0n) is 14.1. The maximum Gasteiger partial charge on any atom is 0.387 e. The molecule has 1 atom stereocenters. The first-order valence-corrected chi connectivity index (χ1v) is 7.91. The Morgan fingerprint density at radius 2 is 1.85 bits per heavy atom. The molecule has 1 aromatic heterocycles. The Balaban J connectivity index is 1.63. The van der Waals surface area contributed by atoms with Gasteiger partial charge in [0.05, 0.1) is 5.69 Å². The number of rotatable bonds is 7. The van der Waals surface area contributed by atoms with Crippen LogP contribution in [0.25, 0.3) is 11.5 Å². The molecule has 1 heterocycles. The number of carbonyl (C=O) groups excluding carboxylic acids is 1. The van der Waals surface area contributed by atoms with Crippen molar-refractivity contribution in [3.63, 3.8) is 0 Å². The Kier molecular flexibility index (Phi) is 5.60. The lowest BCUT2D eigenvalue weighted by molar-refractivity contribution is -0.122. The van der Waals surface area contributed by atoms with Gasteiger partial charge in [-0.2, -0.15) is 8.78 Å². The molecular weight excluding hydrogens is 360 g/mol. The lowest BCUT2D eigenvalue weighted by atomic mass is 10.2. The molecule has 1 N–H and O–H groups in total. The summed E-state index contributed by atoms with van der Waals surface area (Å²) in [4.78, 5) is 12.3. The smallest absolute Gasteiger partial charge is 0.387 e. The SMILES string of the molecule is C[C@H](Oc1ccc(-c2nnco2)cc1)C(=O)Nc1ccccc1OC(F)F. The van der Waals surface area contributed by atoms with Gasteiger partial charge in [0.25, 0.3) is 5.91 Å². The second-order valence-electron chi connectivity index (χ2n) is 5.39. The van der Waals surface area contributed by atoms with E-state index in [-0.39, 0.29) is 11.4 Å². The average molecular weight is 375 g/mol. The largest absolute Gasteiger partial charge is 0.481 e. The summed E-state index contributed by atoms with van der Waals surface area (Å²) in [5.74, 6) is 0.166. The Bertz CT molecular complexity index is 886. The Morgan fingerprint density at radius 1 is 1.11 bits per heavy atom. The minimum Gasteiger partial charge on any atom is -0.481 e. The van der Waals surface area contributed by atoms with Gasteiger partial charge in [-0.25, -0.2) is 0 Å². The van der Waals surface area contributed by atoms with Crippen LogP contribution in [0.4, 0.5) is 14.5 Å². The summed E-state index contributed by atoms with van der Waals surface area (Å²) in [7, 11) is 0. The van der Waals surface area contributed by atoms with Gasteiger partial charge in [-0.1, -0.05) is 12.1 Å². The second kappa shape index (κ2) is 8.26. The van der Waals surface area contributed by atoms with Gasteiger partial charge in [-0.3, -0.25) is 4.79 Å². The van der Waals surface area contributed by atoms with Crippen LogP contribution in [0.5, 0.6) is 11.5 Å². The maximum atomic E-state index is 12.4. The van der Waals surface area contributed by atoms with E-state index in [9.17, 15) is 13.6 Å². The van der Waals surface area contributed by atoms with Gasteiger partial charge in [-0.15, -0.1) is 10.2 Å². The normalized spacial score (nSPS) is 11.9. The number of aromatic nitrogens is 2. The summed E-state index contributed by atoms with van der Waals surface area (Å²) in [5.41, 5.74) is 0.833. The predicted octanol–water partition coefficient (Wildman–Crippen LogP) is 3.74. The third kappa shape index (κ3) is 4.78. The fourth-order valence-electron chi connectivity index (χ4n) is 2.24. The van der Waals surface area contributed by atoms with E-state index in [2.05, 4.69) is 20.3 Å². The first-order chi connectivity index (χ1) is 13.0. The van der Waals surface area contributed by atoms with Crippen molar-refractivity contribution >= 4 is 11.6 Å². The van der Waals surface area contributed by atoms with Crippen LogP contribution in [-0.2, 0) is 4.79 Å². The fourth-order valence-corrected chi connectivity index (χ4v) is 2.24. The topological polar surface area (TPSA) is 86.5 Å². The molecule has 1 amide bonds. The molecule has 0 aliphatic rings. The molecule has 0 spiro atoms.